The first kappa shape index (κ1) is 11.1. The molecule has 0 atom stereocenters. The third-order valence-electron chi connectivity index (χ3n) is 2.45. The second-order valence-electron chi connectivity index (χ2n) is 3.54. The lowest BCUT2D eigenvalue weighted by atomic mass is 10.2. The molecule has 3 N–H and O–H groups in total. The highest BCUT2D eigenvalue weighted by Crippen LogP contribution is 2.23. The smallest absolute Gasteiger partial charge is 0.337 e. The average molecular weight is 239 g/mol. The number of aromatic carboxylic acids is 1. The standard InChI is InChI=1S/C10H13N3O2S/c11-8-5-7(10(14)15)6-12-9(8)13-1-3-16-4-2-13/h5-6H,1-4,11H2,(H,14,15). The van der Waals surface area contributed by atoms with Crippen molar-refractivity contribution in [2.45, 2.75) is 0 Å². The van der Waals surface area contributed by atoms with Gasteiger partial charge in [0.2, 0.25) is 0 Å². The molecule has 2 rings (SSSR count). The van der Waals surface area contributed by atoms with Crippen LogP contribution in [0, 0.1) is 0 Å². The minimum atomic E-state index is -1.00. The lowest BCUT2D eigenvalue weighted by Crippen LogP contribution is -2.33. The number of thioether (sulfide) groups is 1. The van der Waals surface area contributed by atoms with E-state index in [-0.39, 0.29) is 5.56 Å². The summed E-state index contributed by atoms with van der Waals surface area (Å²) in [6.07, 6.45) is 1.36. The van der Waals surface area contributed by atoms with E-state index in [0.717, 1.165) is 24.6 Å². The molecule has 0 spiro atoms. The van der Waals surface area contributed by atoms with Crippen LogP contribution in [0.25, 0.3) is 0 Å². The van der Waals surface area contributed by atoms with Crippen molar-refractivity contribution < 1.29 is 9.90 Å². The van der Waals surface area contributed by atoms with Crippen molar-refractivity contribution in [2.24, 2.45) is 0 Å². The quantitative estimate of drug-likeness (QED) is 0.798. The zero-order chi connectivity index (χ0) is 11.5. The first-order valence-electron chi connectivity index (χ1n) is 5.00. The van der Waals surface area contributed by atoms with Crippen LogP contribution in [-0.2, 0) is 0 Å². The average Bonchev–Trinajstić information content (AvgIpc) is 2.30. The number of rotatable bonds is 2. The van der Waals surface area contributed by atoms with E-state index >= 15 is 0 Å². The normalized spacial score (nSPS) is 16.1. The highest BCUT2D eigenvalue weighted by molar-refractivity contribution is 7.99. The summed E-state index contributed by atoms with van der Waals surface area (Å²) in [5.74, 6) is 1.81. The van der Waals surface area contributed by atoms with Crippen LogP contribution in [-0.4, -0.2) is 40.7 Å². The number of hydrogen-bond donors (Lipinski definition) is 2. The monoisotopic (exact) mass is 239 g/mol. The molecule has 6 heteroatoms. The van der Waals surface area contributed by atoms with E-state index < -0.39 is 5.97 Å². The van der Waals surface area contributed by atoms with Crippen LogP contribution in [0.4, 0.5) is 11.5 Å². The van der Waals surface area contributed by atoms with Gasteiger partial charge in [-0.2, -0.15) is 11.8 Å². The summed E-state index contributed by atoms with van der Waals surface area (Å²) >= 11 is 1.90. The predicted octanol–water partition coefficient (Wildman–Crippen LogP) is 0.915. The topological polar surface area (TPSA) is 79.5 Å². The summed E-state index contributed by atoms with van der Waals surface area (Å²) in [5, 5.41) is 8.80. The van der Waals surface area contributed by atoms with Crippen molar-refractivity contribution in [1.29, 1.82) is 0 Å². The van der Waals surface area contributed by atoms with Crippen LogP contribution in [0.3, 0.4) is 0 Å². The Morgan fingerprint density at radius 1 is 1.50 bits per heavy atom. The first-order valence-corrected chi connectivity index (χ1v) is 6.15. The number of anilines is 2. The maximum Gasteiger partial charge on any atom is 0.337 e. The number of nitrogens with two attached hydrogens (primary N) is 1. The highest BCUT2D eigenvalue weighted by atomic mass is 32.2. The second kappa shape index (κ2) is 4.61. The minimum absolute atomic E-state index is 0.132. The molecule has 0 saturated carbocycles. The molecule has 2 heterocycles. The van der Waals surface area contributed by atoms with Gasteiger partial charge in [0, 0.05) is 30.8 Å². The Morgan fingerprint density at radius 3 is 2.75 bits per heavy atom. The molecule has 0 amide bonds. The third kappa shape index (κ3) is 2.21. The van der Waals surface area contributed by atoms with Gasteiger partial charge in [-0.25, -0.2) is 9.78 Å². The van der Waals surface area contributed by atoms with E-state index in [2.05, 4.69) is 9.88 Å². The molecule has 1 fully saturated rings. The first-order chi connectivity index (χ1) is 7.68. The van der Waals surface area contributed by atoms with E-state index in [1.165, 1.54) is 12.3 Å². The maximum absolute atomic E-state index is 10.7. The van der Waals surface area contributed by atoms with Gasteiger partial charge in [-0.1, -0.05) is 0 Å². The Labute approximate surface area is 97.6 Å². The number of nitrogen functional groups attached to an aromatic ring is 1. The van der Waals surface area contributed by atoms with Crippen LogP contribution < -0.4 is 10.6 Å². The summed E-state index contributed by atoms with van der Waals surface area (Å²) in [7, 11) is 0. The fourth-order valence-corrected chi connectivity index (χ4v) is 2.53. The Kier molecular flexibility index (Phi) is 3.19. The maximum atomic E-state index is 10.7. The van der Waals surface area contributed by atoms with Crippen molar-refractivity contribution in [1.82, 2.24) is 4.98 Å². The molecule has 5 nitrogen and oxygen atoms in total. The summed E-state index contributed by atoms with van der Waals surface area (Å²) in [4.78, 5) is 17.0. The molecule has 0 aromatic carbocycles. The zero-order valence-corrected chi connectivity index (χ0v) is 9.54. The fourth-order valence-electron chi connectivity index (χ4n) is 1.63. The Bertz CT molecular complexity index is 405. The van der Waals surface area contributed by atoms with Crippen LogP contribution in [0.1, 0.15) is 10.4 Å². The Hall–Kier alpha value is -1.43. The van der Waals surface area contributed by atoms with Crippen molar-refractivity contribution >= 4 is 29.2 Å². The van der Waals surface area contributed by atoms with Gasteiger partial charge >= 0.3 is 5.97 Å². The lowest BCUT2D eigenvalue weighted by Gasteiger charge is -2.28. The van der Waals surface area contributed by atoms with E-state index in [1.54, 1.807) is 0 Å². The number of carboxylic acid groups (broad SMARTS) is 1. The number of carboxylic acids is 1. The molecule has 0 bridgehead atoms. The molecular weight excluding hydrogens is 226 g/mol. The molecule has 86 valence electrons. The molecule has 0 radical (unpaired) electrons. The van der Waals surface area contributed by atoms with Gasteiger partial charge in [-0.05, 0) is 6.07 Å². The number of aromatic nitrogens is 1. The van der Waals surface area contributed by atoms with Gasteiger partial charge in [0.1, 0.15) is 0 Å². The Balaban J connectivity index is 2.24. The summed E-state index contributed by atoms with van der Waals surface area (Å²) in [5.41, 5.74) is 6.38. The van der Waals surface area contributed by atoms with Crippen molar-refractivity contribution in [3.8, 4) is 0 Å². The zero-order valence-electron chi connectivity index (χ0n) is 8.72. The minimum Gasteiger partial charge on any atom is -0.478 e. The SMILES string of the molecule is Nc1cc(C(=O)O)cnc1N1CCSCC1. The summed E-state index contributed by atoms with van der Waals surface area (Å²) in [6.45, 7) is 1.82. The fraction of sp³-hybridized carbons (Fsp3) is 0.400. The van der Waals surface area contributed by atoms with Gasteiger partial charge in [-0.15, -0.1) is 0 Å². The van der Waals surface area contributed by atoms with Gasteiger partial charge < -0.3 is 15.7 Å². The number of carbonyl (C=O) groups is 1. The molecule has 1 saturated heterocycles. The van der Waals surface area contributed by atoms with Crippen LogP contribution in [0.15, 0.2) is 12.3 Å². The van der Waals surface area contributed by atoms with Crippen molar-refractivity contribution in [3.05, 3.63) is 17.8 Å². The van der Waals surface area contributed by atoms with Crippen molar-refractivity contribution in [3.63, 3.8) is 0 Å². The largest absolute Gasteiger partial charge is 0.478 e. The molecule has 1 aromatic rings. The molecule has 1 aliphatic heterocycles. The molecule has 1 aromatic heterocycles. The van der Waals surface area contributed by atoms with E-state index in [9.17, 15) is 4.79 Å². The van der Waals surface area contributed by atoms with E-state index in [4.69, 9.17) is 10.8 Å². The molecule has 16 heavy (non-hydrogen) atoms. The van der Waals surface area contributed by atoms with Crippen molar-refractivity contribution in [2.75, 3.05) is 35.2 Å². The molecular formula is C10H13N3O2S. The van der Waals surface area contributed by atoms with Crippen LogP contribution in [0.5, 0.6) is 0 Å². The van der Waals surface area contributed by atoms with Crippen LogP contribution >= 0.6 is 11.8 Å². The molecule has 0 aliphatic carbocycles. The highest BCUT2D eigenvalue weighted by Gasteiger charge is 2.16. The summed E-state index contributed by atoms with van der Waals surface area (Å²) < 4.78 is 0. The number of nitrogens with zero attached hydrogens (tertiary/aromatic N) is 2. The second-order valence-corrected chi connectivity index (χ2v) is 4.77. The summed E-state index contributed by atoms with van der Waals surface area (Å²) in [6, 6.07) is 1.46. The third-order valence-corrected chi connectivity index (χ3v) is 3.40. The molecule has 1 aliphatic rings. The van der Waals surface area contributed by atoms with E-state index in [1.807, 2.05) is 11.8 Å². The molecule has 0 unspecified atom stereocenters. The van der Waals surface area contributed by atoms with Gasteiger partial charge in [-0.3, -0.25) is 0 Å². The van der Waals surface area contributed by atoms with E-state index in [0.29, 0.717) is 11.5 Å². The predicted molar refractivity (Wildman–Crippen MR) is 65.1 cm³/mol. The van der Waals surface area contributed by atoms with Gasteiger partial charge in [0.25, 0.3) is 0 Å². The van der Waals surface area contributed by atoms with Crippen LogP contribution in [0.2, 0.25) is 0 Å². The van der Waals surface area contributed by atoms with Gasteiger partial charge in [0.05, 0.1) is 11.3 Å². The number of pyridine rings is 1. The lowest BCUT2D eigenvalue weighted by molar-refractivity contribution is 0.0696. The number of hydrogen-bond acceptors (Lipinski definition) is 5. The Morgan fingerprint density at radius 2 is 2.19 bits per heavy atom. The van der Waals surface area contributed by atoms with Gasteiger partial charge in [0.15, 0.2) is 5.82 Å².